The van der Waals surface area contributed by atoms with Crippen molar-refractivity contribution in [3.63, 3.8) is 0 Å². The van der Waals surface area contributed by atoms with E-state index in [0.29, 0.717) is 17.6 Å². The van der Waals surface area contributed by atoms with Gasteiger partial charge in [-0.15, -0.1) is 0 Å². The number of benzene rings is 7. The van der Waals surface area contributed by atoms with Crippen molar-refractivity contribution in [1.29, 1.82) is 0 Å². The maximum Gasteiger partial charge on any atom is 0.238 e. The molecular weight excluding hydrogens is 639 g/mol. The minimum atomic E-state index is 0.593. The summed E-state index contributed by atoms with van der Waals surface area (Å²) in [5.74, 6) is 1.91. The Kier molecular flexibility index (Phi) is 6.93. The van der Waals surface area contributed by atoms with E-state index >= 15 is 0 Å². The van der Waals surface area contributed by atoms with Gasteiger partial charge in [-0.1, -0.05) is 127 Å². The number of hydrogen-bond donors (Lipinski definition) is 0. The second-order valence-corrected chi connectivity index (χ2v) is 12.9. The van der Waals surface area contributed by atoms with Crippen LogP contribution in [0.5, 0.6) is 0 Å². The maximum absolute atomic E-state index is 6.52. The Bertz CT molecular complexity index is 2910. The Morgan fingerprint density at radius 1 is 0.500 bits per heavy atom. The average molecular weight is 670 g/mol. The molecule has 0 saturated heterocycles. The third-order valence-corrected chi connectivity index (χ3v) is 9.74. The highest BCUT2D eigenvalue weighted by atomic mass is 16.3. The first-order valence-electron chi connectivity index (χ1n) is 17.4. The van der Waals surface area contributed by atoms with Gasteiger partial charge in [0.15, 0.2) is 11.4 Å². The van der Waals surface area contributed by atoms with E-state index in [2.05, 4.69) is 131 Å². The van der Waals surface area contributed by atoms with Gasteiger partial charge in [0.1, 0.15) is 11.4 Å². The van der Waals surface area contributed by atoms with E-state index in [9.17, 15) is 0 Å². The van der Waals surface area contributed by atoms with E-state index in [0.717, 1.165) is 77.5 Å². The minimum absolute atomic E-state index is 0.593. The van der Waals surface area contributed by atoms with Crippen LogP contribution in [0, 0.1) is 6.92 Å². The number of aryl methyl sites for hydroxylation is 1. The molecule has 3 aromatic heterocycles. The largest absolute Gasteiger partial charge is 0.454 e. The number of fused-ring (bicyclic) bond motifs is 6. The predicted molar refractivity (Wildman–Crippen MR) is 212 cm³/mol. The van der Waals surface area contributed by atoms with Gasteiger partial charge in [-0.3, -0.25) is 4.57 Å². The zero-order valence-corrected chi connectivity index (χ0v) is 28.3. The van der Waals surface area contributed by atoms with Gasteiger partial charge in [-0.2, -0.15) is 9.97 Å². The van der Waals surface area contributed by atoms with Crippen molar-refractivity contribution in [2.75, 3.05) is 4.90 Å². The fourth-order valence-electron chi connectivity index (χ4n) is 7.45. The first-order valence-corrected chi connectivity index (χ1v) is 17.4. The number of nitrogens with zero attached hydrogens (tertiary/aromatic N) is 5. The Labute approximate surface area is 299 Å². The number of anilines is 3. The van der Waals surface area contributed by atoms with Crippen molar-refractivity contribution >= 4 is 60.8 Å². The molecule has 0 atom stereocenters. The zero-order chi connectivity index (χ0) is 34.6. The molecular formula is C46H31N5O. The van der Waals surface area contributed by atoms with Crippen molar-refractivity contribution in [2.24, 2.45) is 0 Å². The van der Waals surface area contributed by atoms with Crippen LogP contribution >= 0.6 is 0 Å². The van der Waals surface area contributed by atoms with Crippen LogP contribution in [0.2, 0.25) is 0 Å². The van der Waals surface area contributed by atoms with Crippen LogP contribution in [0.3, 0.4) is 0 Å². The van der Waals surface area contributed by atoms with Gasteiger partial charge >= 0.3 is 0 Å². The molecule has 6 heteroatoms. The monoisotopic (exact) mass is 669 g/mol. The molecule has 7 aromatic carbocycles. The SMILES string of the molecule is Cc1nc(-c2ccccc2)nc(-n2c3ccccc3c3cccc(-c4ccc(N(c5ccccc5)c5cccc6c5oc5ccccc56)cc4)c32)n1. The van der Waals surface area contributed by atoms with Crippen LogP contribution in [0.25, 0.3) is 72.2 Å². The molecule has 3 heterocycles. The number of furan rings is 1. The van der Waals surface area contributed by atoms with Crippen molar-refractivity contribution in [3.8, 4) is 28.5 Å². The van der Waals surface area contributed by atoms with Gasteiger partial charge in [0.05, 0.1) is 16.7 Å². The van der Waals surface area contributed by atoms with Gasteiger partial charge in [0.2, 0.25) is 5.95 Å². The zero-order valence-electron chi connectivity index (χ0n) is 28.3. The highest BCUT2D eigenvalue weighted by molar-refractivity contribution is 6.14. The molecule has 0 spiro atoms. The van der Waals surface area contributed by atoms with Crippen molar-refractivity contribution in [2.45, 2.75) is 6.92 Å². The number of para-hydroxylation sites is 5. The highest BCUT2D eigenvalue weighted by Crippen LogP contribution is 2.43. The molecule has 0 radical (unpaired) electrons. The molecule has 10 rings (SSSR count). The summed E-state index contributed by atoms with van der Waals surface area (Å²) in [6.45, 7) is 1.93. The Morgan fingerprint density at radius 2 is 1.15 bits per heavy atom. The summed E-state index contributed by atoms with van der Waals surface area (Å²) in [6, 6.07) is 58.9. The van der Waals surface area contributed by atoms with Crippen LogP contribution < -0.4 is 4.90 Å². The summed E-state index contributed by atoms with van der Waals surface area (Å²) >= 11 is 0. The topological polar surface area (TPSA) is 60.0 Å². The Balaban J connectivity index is 1.15. The molecule has 6 nitrogen and oxygen atoms in total. The van der Waals surface area contributed by atoms with Gasteiger partial charge in [0.25, 0.3) is 0 Å². The Hall–Kier alpha value is -7.05. The molecule has 0 saturated carbocycles. The quantitative estimate of drug-likeness (QED) is 0.176. The average Bonchev–Trinajstić information content (AvgIpc) is 3.76. The standard InChI is InChI=1S/C46H31N5O/c1-30-47-45(32-14-4-2-5-15-32)49-46(48-30)51-40-23-10-8-18-36(40)38-21-12-20-35(43(38)51)31-26-28-34(29-27-31)50(33-16-6-3-7-17-33)41-24-13-22-39-37-19-9-11-25-42(37)52-44(39)41/h2-29H,1H3. The molecule has 0 aliphatic heterocycles. The van der Waals surface area contributed by atoms with Crippen LogP contribution in [0.4, 0.5) is 17.1 Å². The fraction of sp³-hybridized carbons (Fsp3) is 0.0217. The van der Waals surface area contributed by atoms with Crippen LogP contribution in [0.15, 0.2) is 174 Å². The van der Waals surface area contributed by atoms with Crippen molar-refractivity contribution in [3.05, 3.63) is 176 Å². The third-order valence-electron chi connectivity index (χ3n) is 9.74. The summed E-state index contributed by atoms with van der Waals surface area (Å²) < 4.78 is 8.71. The summed E-state index contributed by atoms with van der Waals surface area (Å²) in [5.41, 5.74) is 10.00. The van der Waals surface area contributed by atoms with E-state index in [1.54, 1.807) is 0 Å². The second-order valence-electron chi connectivity index (χ2n) is 12.9. The normalized spacial score (nSPS) is 11.6. The minimum Gasteiger partial charge on any atom is -0.454 e. The van der Waals surface area contributed by atoms with E-state index in [4.69, 9.17) is 19.4 Å². The molecule has 0 aliphatic carbocycles. The van der Waals surface area contributed by atoms with Gasteiger partial charge in [-0.25, -0.2) is 4.98 Å². The summed E-state index contributed by atoms with van der Waals surface area (Å²) in [5, 5.41) is 4.48. The first kappa shape index (κ1) is 29.8. The van der Waals surface area contributed by atoms with Gasteiger partial charge in [-0.05, 0) is 55.0 Å². The lowest BCUT2D eigenvalue weighted by molar-refractivity contribution is 0.669. The van der Waals surface area contributed by atoms with E-state index < -0.39 is 0 Å². The van der Waals surface area contributed by atoms with E-state index in [1.807, 2.05) is 55.5 Å². The van der Waals surface area contributed by atoms with Crippen molar-refractivity contribution in [1.82, 2.24) is 19.5 Å². The number of rotatable bonds is 6. The molecule has 0 unspecified atom stereocenters. The molecule has 246 valence electrons. The predicted octanol–water partition coefficient (Wildman–Crippen LogP) is 12.0. The van der Waals surface area contributed by atoms with E-state index in [-0.39, 0.29) is 0 Å². The summed E-state index contributed by atoms with van der Waals surface area (Å²) in [4.78, 5) is 16.9. The van der Waals surface area contributed by atoms with Crippen molar-refractivity contribution < 1.29 is 4.42 Å². The molecule has 0 fully saturated rings. The fourth-order valence-corrected chi connectivity index (χ4v) is 7.45. The van der Waals surface area contributed by atoms with Gasteiger partial charge in [0, 0.05) is 44.0 Å². The molecule has 0 bridgehead atoms. The van der Waals surface area contributed by atoms with Crippen LogP contribution in [-0.2, 0) is 0 Å². The van der Waals surface area contributed by atoms with Crippen LogP contribution in [0.1, 0.15) is 5.82 Å². The maximum atomic E-state index is 6.52. The van der Waals surface area contributed by atoms with E-state index in [1.165, 1.54) is 0 Å². The molecule has 0 aliphatic rings. The molecule has 0 N–H and O–H groups in total. The smallest absolute Gasteiger partial charge is 0.238 e. The molecule has 10 aromatic rings. The lowest BCUT2D eigenvalue weighted by atomic mass is 10.0. The molecule has 0 amide bonds. The summed E-state index contributed by atoms with van der Waals surface area (Å²) in [7, 11) is 0. The lowest BCUT2D eigenvalue weighted by Gasteiger charge is -2.25. The third kappa shape index (κ3) is 4.84. The highest BCUT2D eigenvalue weighted by Gasteiger charge is 2.21. The lowest BCUT2D eigenvalue weighted by Crippen LogP contribution is -2.10. The number of hydrogen-bond acceptors (Lipinski definition) is 5. The molecule has 52 heavy (non-hydrogen) atoms. The first-order chi connectivity index (χ1) is 25.7. The second kappa shape index (κ2) is 12.1. The number of aromatic nitrogens is 4. The van der Waals surface area contributed by atoms with Gasteiger partial charge < -0.3 is 9.32 Å². The Morgan fingerprint density at radius 3 is 1.98 bits per heavy atom. The van der Waals surface area contributed by atoms with Crippen LogP contribution in [-0.4, -0.2) is 19.5 Å². The summed E-state index contributed by atoms with van der Waals surface area (Å²) in [6.07, 6.45) is 0.